The number of nitrogens with one attached hydrogen (secondary N) is 1. The Hall–Kier alpha value is -3.19. The molecule has 1 saturated heterocycles. The van der Waals surface area contributed by atoms with Crippen molar-refractivity contribution in [3.05, 3.63) is 77.4 Å². The minimum atomic E-state index is -0.125. The van der Waals surface area contributed by atoms with Crippen LogP contribution in [0.25, 0.3) is 0 Å². The van der Waals surface area contributed by atoms with Gasteiger partial charge in [0.25, 0.3) is 5.91 Å². The third kappa shape index (κ3) is 6.42. The van der Waals surface area contributed by atoms with E-state index in [0.717, 1.165) is 62.6 Å². The Morgan fingerprint density at radius 1 is 1.18 bits per heavy atom. The highest BCUT2D eigenvalue weighted by molar-refractivity contribution is 5.94. The molecule has 1 N–H and O–H groups in total. The Morgan fingerprint density at radius 2 is 2.03 bits per heavy atom. The van der Waals surface area contributed by atoms with Crippen LogP contribution in [-0.2, 0) is 19.6 Å². The molecular formula is C26H33N5O2. The van der Waals surface area contributed by atoms with E-state index in [1.165, 1.54) is 5.56 Å². The molecule has 33 heavy (non-hydrogen) atoms. The molecule has 3 aromatic rings. The van der Waals surface area contributed by atoms with E-state index in [9.17, 15) is 4.79 Å². The highest BCUT2D eigenvalue weighted by Gasteiger charge is 2.22. The highest BCUT2D eigenvalue weighted by Crippen LogP contribution is 2.22. The van der Waals surface area contributed by atoms with Gasteiger partial charge in [0.1, 0.15) is 11.9 Å². The summed E-state index contributed by atoms with van der Waals surface area (Å²) in [7, 11) is 0. The Labute approximate surface area is 195 Å². The van der Waals surface area contributed by atoms with Gasteiger partial charge in [0.15, 0.2) is 0 Å². The normalized spacial score (nSPS) is 14.8. The summed E-state index contributed by atoms with van der Waals surface area (Å²) in [4.78, 5) is 19.3. The maximum absolute atomic E-state index is 12.5. The van der Waals surface area contributed by atoms with Gasteiger partial charge in [-0.1, -0.05) is 19.1 Å². The van der Waals surface area contributed by atoms with Crippen molar-refractivity contribution in [2.45, 2.75) is 58.8 Å². The first-order valence-corrected chi connectivity index (χ1v) is 11.8. The van der Waals surface area contributed by atoms with Crippen molar-refractivity contribution in [3.63, 3.8) is 0 Å². The zero-order chi connectivity index (χ0) is 23.0. The molecular weight excluding hydrogens is 414 g/mol. The van der Waals surface area contributed by atoms with Crippen LogP contribution in [0.15, 0.2) is 54.9 Å². The molecule has 3 heterocycles. The molecule has 1 aliphatic heterocycles. The average Bonchev–Trinajstić information content (AvgIpc) is 3.18. The molecule has 0 bridgehead atoms. The van der Waals surface area contributed by atoms with Gasteiger partial charge < -0.3 is 10.1 Å². The van der Waals surface area contributed by atoms with E-state index < -0.39 is 0 Å². The topological polar surface area (TPSA) is 72.3 Å². The summed E-state index contributed by atoms with van der Waals surface area (Å²) >= 11 is 0. The van der Waals surface area contributed by atoms with Crippen LogP contribution in [0.3, 0.4) is 0 Å². The first kappa shape index (κ1) is 23.0. The summed E-state index contributed by atoms with van der Waals surface area (Å²) in [5.41, 5.74) is 3.87. The van der Waals surface area contributed by atoms with Gasteiger partial charge in [0, 0.05) is 49.7 Å². The van der Waals surface area contributed by atoms with Gasteiger partial charge in [0.05, 0.1) is 17.9 Å². The standard InChI is InChI=1S/C26H33N5O2/c1-3-13-31-19-22(20(2)29-31)18-30-14-10-24(11-15-30)33-25-9-6-7-21(16-25)26(32)28-17-23-8-4-5-12-27-23/h4-9,12,16,19,24H,3,10-11,13-15,17-18H2,1-2H3,(H,28,32). The lowest BCUT2D eigenvalue weighted by Crippen LogP contribution is -2.37. The van der Waals surface area contributed by atoms with Crippen LogP contribution in [0.5, 0.6) is 5.75 Å². The number of aryl methyl sites for hydroxylation is 2. The smallest absolute Gasteiger partial charge is 0.251 e. The number of ether oxygens (including phenoxy) is 1. The number of aromatic nitrogens is 3. The first-order valence-electron chi connectivity index (χ1n) is 11.8. The van der Waals surface area contributed by atoms with Gasteiger partial charge in [-0.2, -0.15) is 5.10 Å². The number of hydrogen-bond acceptors (Lipinski definition) is 5. The zero-order valence-corrected chi connectivity index (χ0v) is 19.5. The van der Waals surface area contributed by atoms with Gasteiger partial charge in [-0.3, -0.25) is 19.4 Å². The van der Waals surface area contributed by atoms with Gasteiger partial charge >= 0.3 is 0 Å². The molecule has 7 nitrogen and oxygen atoms in total. The zero-order valence-electron chi connectivity index (χ0n) is 19.5. The lowest BCUT2D eigenvalue weighted by Gasteiger charge is -2.32. The maximum atomic E-state index is 12.5. The average molecular weight is 448 g/mol. The van der Waals surface area contributed by atoms with Gasteiger partial charge in [0.2, 0.25) is 0 Å². The first-order chi connectivity index (χ1) is 16.1. The van der Waals surface area contributed by atoms with Crippen molar-refractivity contribution < 1.29 is 9.53 Å². The van der Waals surface area contributed by atoms with Crippen LogP contribution < -0.4 is 10.1 Å². The summed E-state index contributed by atoms with van der Waals surface area (Å²) in [5, 5.41) is 7.54. The Kier molecular flexibility index (Phi) is 7.73. The van der Waals surface area contributed by atoms with Crippen molar-refractivity contribution in [1.82, 2.24) is 25.0 Å². The van der Waals surface area contributed by atoms with E-state index >= 15 is 0 Å². The van der Waals surface area contributed by atoms with Gasteiger partial charge in [-0.05, 0) is 56.5 Å². The summed E-state index contributed by atoms with van der Waals surface area (Å²) in [6.45, 7) is 8.56. The third-order valence-electron chi connectivity index (χ3n) is 5.98. The lowest BCUT2D eigenvalue weighted by molar-refractivity contribution is 0.0934. The number of pyridine rings is 1. The second-order valence-corrected chi connectivity index (χ2v) is 8.63. The number of nitrogens with zero attached hydrogens (tertiary/aromatic N) is 4. The minimum absolute atomic E-state index is 0.125. The number of carbonyl (C=O) groups excluding carboxylic acids is 1. The Balaban J connectivity index is 1.26. The van der Waals surface area contributed by atoms with Crippen molar-refractivity contribution >= 4 is 5.91 Å². The Bertz CT molecular complexity index is 1040. The van der Waals surface area contributed by atoms with Gasteiger partial charge in [-0.25, -0.2) is 0 Å². The molecule has 1 fully saturated rings. The predicted octanol–water partition coefficient (Wildman–Crippen LogP) is 3.97. The third-order valence-corrected chi connectivity index (χ3v) is 5.98. The molecule has 0 radical (unpaired) electrons. The van der Waals surface area contributed by atoms with E-state index in [1.54, 1.807) is 6.20 Å². The second kappa shape index (κ2) is 11.1. The minimum Gasteiger partial charge on any atom is -0.490 e. The van der Waals surface area contributed by atoms with E-state index in [1.807, 2.05) is 42.5 Å². The fraction of sp³-hybridized carbons (Fsp3) is 0.423. The number of likely N-dealkylation sites (tertiary alicyclic amines) is 1. The molecule has 7 heteroatoms. The molecule has 0 spiro atoms. The van der Waals surface area contributed by atoms with Gasteiger partial charge in [-0.15, -0.1) is 0 Å². The lowest BCUT2D eigenvalue weighted by atomic mass is 10.1. The largest absolute Gasteiger partial charge is 0.490 e. The number of carbonyl (C=O) groups is 1. The maximum Gasteiger partial charge on any atom is 0.251 e. The molecule has 0 saturated carbocycles. The van der Waals surface area contributed by atoms with Crippen LogP contribution in [-0.4, -0.2) is 44.8 Å². The molecule has 0 atom stereocenters. The van der Waals surface area contributed by atoms with Crippen LogP contribution in [0.1, 0.15) is 53.5 Å². The fourth-order valence-electron chi connectivity index (χ4n) is 4.16. The number of benzene rings is 1. The van der Waals surface area contributed by atoms with Crippen molar-refractivity contribution in [1.29, 1.82) is 0 Å². The van der Waals surface area contributed by atoms with E-state index in [0.29, 0.717) is 12.1 Å². The van der Waals surface area contributed by atoms with E-state index in [2.05, 4.69) is 45.0 Å². The van der Waals surface area contributed by atoms with Crippen molar-refractivity contribution in [2.75, 3.05) is 13.1 Å². The van der Waals surface area contributed by atoms with Crippen LogP contribution >= 0.6 is 0 Å². The SMILES string of the molecule is CCCn1cc(CN2CCC(Oc3cccc(C(=O)NCc4ccccn4)c3)CC2)c(C)n1. The molecule has 0 aliphatic carbocycles. The fourth-order valence-corrected chi connectivity index (χ4v) is 4.16. The van der Waals surface area contributed by atoms with Crippen molar-refractivity contribution in [3.8, 4) is 5.75 Å². The van der Waals surface area contributed by atoms with Crippen molar-refractivity contribution in [2.24, 2.45) is 0 Å². The second-order valence-electron chi connectivity index (χ2n) is 8.63. The van der Waals surface area contributed by atoms with E-state index in [-0.39, 0.29) is 12.0 Å². The summed E-state index contributed by atoms with van der Waals surface area (Å²) in [6.07, 6.45) is 7.11. The van der Waals surface area contributed by atoms with Crippen LogP contribution in [0.4, 0.5) is 0 Å². The number of rotatable bonds is 9. The number of hydrogen-bond donors (Lipinski definition) is 1. The van der Waals surface area contributed by atoms with E-state index in [4.69, 9.17) is 4.74 Å². The molecule has 4 rings (SSSR count). The summed E-state index contributed by atoms with van der Waals surface area (Å²) in [6, 6.07) is 13.1. The molecule has 2 aromatic heterocycles. The quantitative estimate of drug-likeness (QED) is 0.537. The molecule has 174 valence electrons. The monoisotopic (exact) mass is 447 g/mol. The molecule has 1 aromatic carbocycles. The highest BCUT2D eigenvalue weighted by atomic mass is 16.5. The number of piperidine rings is 1. The molecule has 1 aliphatic rings. The summed E-state index contributed by atoms with van der Waals surface area (Å²) < 4.78 is 8.29. The number of amides is 1. The summed E-state index contributed by atoms with van der Waals surface area (Å²) in [5.74, 6) is 0.621. The van der Waals surface area contributed by atoms with Crippen LogP contribution in [0.2, 0.25) is 0 Å². The molecule has 0 unspecified atom stereocenters. The predicted molar refractivity (Wildman–Crippen MR) is 128 cm³/mol. The van der Waals surface area contributed by atoms with Crippen LogP contribution in [0, 0.1) is 6.92 Å². The molecule has 1 amide bonds. The Morgan fingerprint density at radius 3 is 2.79 bits per heavy atom.